The predicted molar refractivity (Wildman–Crippen MR) is 108 cm³/mol. The minimum atomic E-state index is -0.182. The largest absolute Gasteiger partial charge is 0.492 e. The standard InChI is InChI=1S/C23H29FN2O2/c1-25-9-8-23(18-2-4-20(24)5-3-18)22-7-6-21(16-19(22)17-25)28-15-12-26-10-13-27-14-11-26/h2-7,16,23H,8-15,17H2,1H3. The lowest BCUT2D eigenvalue weighted by Crippen LogP contribution is -2.38. The Morgan fingerprint density at radius 2 is 1.86 bits per heavy atom. The lowest BCUT2D eigenvalue weighted by atomic mass is 9.86. The summed E-state index contributed by atoms with van der Waals surface area (Å²) in [4.78, 5) is 4.73. The third-order valence-electron chi connectivity index (χ3n) is 5.78. The van der Waals surface area contributed by atoms with E-state index < -0.39 is 0 Å². The highest BCUT2D eigenvalue weighted by Gasteiger charge is 2.23. The van der Waals surface area contributed by atoms with Crippen LogP contribution in [0.25, 0.3) is 0 Å². The molecule has 0 radical (unpaired) electrons. The Morgan fingerprint density at radius 1 is 1.07 bits per heavy atom. The third kappa shape index (κ3) is 4.72. The maximum Gasteiger partial charge on any atom is 0.123 e. The fourth-order valence-corrected chi connectivity index (χ4v) is 4.18. The van der Waals surface area contributed by atoms with E-state index in [1.54, 1.807) is 12.1 Å². The van der Waals surface area contributed by atoms with Gasteiger partial charge >= 0.3 is 0 Å². The monoisotopic (exact) mass is 384 g/mol. The molecule has 150 valence electrons. The molecule has 1 fully saturated rings. The lowest BCUT2D eigenvalue weighted by molar-refractivity contribution is 0.0322. The molecule has 0 aromatic heterocycles. The molecule has 2 aromatic carbocycles. The fraction of sp³-hybridized carbons (Fsp3) is 0.478. The Bertz CT molecular complexity index is 775. The van der Waals surface area contributed by atoms with E-state index in [9.17, 15) is 4.39 Å². The second kappa shape index (κ2) is 9.03. The van der Waals surface area contributed by atoms with Gasteiger partial charge in [-0.1, -0.05) is 18.2 Å². The summed E-state index contributed by atoms with van der Waals surface area (Å²) in [6.07, 6.45) is 1.03. The van der Waals surface area contributed by atoms with E-state index in [4.69, 9.17) is 9.47 Å². The van der Waals surface area contributed by atoms with Crippen molar-refractivity contribution in [3.63, 3.8) is 0 Å². The normalized spacial score (nSPS) is 21.1. The van der Waals surface area contributed by atoms with Gasteiger partial charge in [-0.15, -0.1) is 0 Å². The third-order valence-corrected chi connectivity index (χ3v) is 5.78. The number of hydrogen-bond acceptors (Lipinski definition) is 4. The van der Waals surface area contributed by atoms with Crippen molar-refractivity contribution in [3.8, 4) is 5.75 Å². The highest BCUT2D eigenvalue weighted by atomic mass is 19.1. The van der Waals surface area contributed by atoms with Crippen molar-refractivity contribution in [2.45, 2.75) is 18.9 Å². The molecule has 1 atom stereocenters. The molecular formula is C23H29FN2O2. The first-order valence-electron chi connectivity index (χ1n) is 10.2. The average Bonchev–Trinajstić information content (AvgIpc) is 2.87. The molecule has 0 N–H and O–H groups in total. The lowest BCUT2D eigenvalue weighted by Gasteiger charge is -2.26. The Morgan fingerprint density at radius 3 is 2.64 bits per heavy atom. The van der Waals surface area contributed by atoms with Crippen LogP contribution in [0.1, 0.15) is 29.0 Å². The van der Waals surface area contributed by atoms with Crippen molar-refractivity contribution in [3.05, 3.63) is 65.0 Å². The van der Waals surface area contributed by atoms with E-state index in [0.717, 1.165) is 58.1 Å². The molecule has 4 rings (SSSR count). The van der Waals surface area contributed by atoms with Gasteiger partial charge in [0, 0.05) is 32.1 Å². The molecule has 0 aliphatic carbocycles. The average molecular weight is 384 g/mol. The zero-order valence-electron chi connectivity index (χ0n) is 16.6. The van der Waals surface area contributed by atoms with E-state index in [1.807, 2.05) is 12.1 Å². The fourth-order valence-electron chi connectivity index (χ4n) is 4.18. The molecule has 2 aromatic rings. The topological polar surface area (TPSA) is 24.9 Å². The maximum absolute atomic E-state index is 13.4. The molecular weight excluding hydrogens is 355 g/mol. The molecule has 0 saturated carbocycles. The minimum Gasteiger partial charge on any atom is -0.492 e. The van der Waals surface area contributed by atoms with Crippen LogP contribution in [0.2, 0.25) is 0 Å². The SMILES string of the molecule is CN1CCC(c2ccc(F)cc2)c2ccc(OCCN3CCOCC3)cc2C1. The zero-order chi connectivity index (χ0) is 19.3. The molecule has 0 spiro atoms. The molecule has 0 bridgehead atoms. The van der Waals surface area contributed by atoms with Crippen molar-refractivity contribution in [2.24, 2.45) is 0 Å². The number of halogens is 1. The summed E-state index contributed by atoms with van der Waals surface area (Å²) in [7, 11) is 2.16. The van der Waals surface area contributed by atoms with Crippen molar-refractivity contribution < 1.29 is 13.9 Å². The van der Waals surface area contributed by atoms with Gasteiger partial charge in [-0.3, -0.25) is 4.90 Å². The summed E-state index contributed by atoms with van der Waals surface area (Å²) >= 11 is 0. The van der Waals surface area contributed by atoms with Gasteiger partial charge in [0.05, 0.1) is 13.2 Å². The molecule has 1 unspecified atom stereocenters. The van der Waals surface area contributed by atoms with Gasteiger partial charge < -0.3 is 14.4 Å². The molecule has 2 aliphatic heterocycles. The Hall–Kier alpha value is -1.95. The van der Waals surface area contributed by atoms with E-state index >= 15 is 0 Å². The van der Waals surface area contributed by atoms with Crippen molar-refractivity contribution >= 4 is 0 Å². The number of ether oxygens (including phenoxy) is 2. The van der Waals surface area contributed by atoms with Crippen LogP contribution in [0.3, 0.4) is 0 Å². The Labute approximate surface area is 166 Å². The molecule has 4 nitrogen and oxygen atoms in total. The summed E-state index contributed by atoms with van der Waals surface area (Å²) in [5, 5.41) is 0. The van der Waals surface area contributed by atoms with E-state index in [1.165, 1.54) is 16.7 Å². The second-order valence-electron chi connectivity index (χ2n) is 7.79. The van der Waals surface area contributed by atoms with Crippen LogP contribution in [0.5, 0.6) is 5.75 Å². The quantitative estimate of drug-likeness (QED) is 0.788. The predicted octanol–water partition coefficient (Wildman–Crippen LogP) is 3.50. The Balaban J connectivity index is 1.48. The molecule has 2 heterocycles. The van der Waals surface area contributed by atoms with Crippen LogP contribution < -0.4 is 4.74 Å². The first-order chi connectivity index (χ1) is 13.7. The summed E-state index contributed by atoms with van der Waals surface area (Å²) in [5.41, 5.74) is 3.81. The smallest absolute Gasteiger partial charge is 0.123 e. The van der Waals surface area contributed by atoms with Crippen molar-refractivity contribution in [2.75, 3.05) is 53.0 Å². The van der Waals surface area contributed by atoms with Crippen LogP contribution in [-0.2, 0) is 11.3 Å². The van der Waals surface area contributed by atoms with Gasteiger partial charge in [0.25, 0.3) is 0 Å². The first kappa shape index (κ1) is 19.4. The minimum absolute atomic E-state index is 0.182. The highest BCUT2D eigenvalue weighted by molar-refractivity contribution is 5.43. The molecule has 0 amide bonds. The number of fused-ring (bicyclic) bond motifs is 1. The van der Waals surface area contributed by atoms with E-state index in [0.29, 0.717) is 12.5 Å². The van der Waals surface area contributed by atoms with Crippen LogP contribution >= 0.6 is 0 Å². The van der Waals surface area contributed by atoms with Crippen LogP contribution in [0.4, 0.5) is 4.39 Å². The number of hydrogen-bond donors (Lipinski definition) is 0. The highest BCUT2D eigenvalue weighted by Crippen LogP contribution is 2.35. The second-order valence-corrected chi connectivity index (χ2v) is 7.79. The molecule has 2 aliphatic rings. The number of benzene rings is 2. The van der Waals surface area contributed by atoms with Crippen LogP contribution in [0, 0.1) is 5.82 Å². The summed E-state index contributed by atoms with van der Waals surface area (Å²) in [6.45, 7) is 7.15. The van der Waals surface area contributed by atoms with Gasteiger partial charge in [-0.25, -0.2) is 4.39 Å². The van der Waals surface area contributed by atoms with E-state index in [-0.39, 0.29) is 5.82 Å². The number of morpholine rings is 1. The van der Waals surface area contributed by atoms with Gasteiger partial charge in [0.1, 0.15) is 18.2 Å². The van der Waals surface area contributed by atoms with Gasteiger partial charge in [-0.2, -0.15) is 0 Å². The van der Waals surface area contributed by atoms with Crippen molar-refractivity contribution in [1.82, 2.24) is 9.80 Å². The summed E-state index contributed by atoms with van der Waals surface area (Å²) < 4.78 is 24.8. The molecule has 5 heteroatoms. The maximum atomic E-state index is 13.4. The van der Waals surface area contributed by atoms with Gasteiger partial charge in [-0.05, 0) is 61.0 Å². The van der Waals surface area contributed by atoms with Gasteiger partial charge in [0.15, 0.2) is 0 Å². The first-order valence-corrected chi connectivity index (χ1v) is 10.2. The number of rotatable bonds is 5. The van der Waals surface area contributed by atoms with E-state index in [2.05, 4.69) is 35.0 Å². The summed E-state index contributed by atoms with van der Waals surface area (Å²) in [5.74, 6) is 1.04. The van der Waals surface area contributed by atoms with Crippen LogP contribution in [0.15, 0.2) is 42.5 Å². The Kier molecular flexibility index (Phi) is 6.25. The van der Waals surface area contributed by atoms with Crippen molar-refractivity contribution in [1.29, 1.82) is 0 Å². The summed E-state index contributed by atoms with van der Waals surface area (Å²) in [6, 6.07) is 13.4. The molecule has 28 heavy (non-hydrogen) atoms. The van der Waals surface area contributed by atoms with Crippen LogP contribution in [-0.4, -0.2) is 62.8 Å². The van der Waals surface area contributed by atoms with Gasteiger partial charge in [0.2, 0.25) is 0 Å². The molecule has 1 saturated heterocycles. The number of nitrogens with zero attached hydrogens (tertiary/aromatic N) is 2. The zero-order valence-corrected chi connectivity index (χ0v) is 16.6.